The number of rotatable bonds is 3. The molecule has 1 aliphatic rings. The summed E-state index contributed by atoms with van der Waals surface area (Å²) in [5, 5.41) is 3.15. The van der Waals surface area contributed by atoms with Crippen molar-refractivity contribution in [2.45, 2.75) is 6.42 Å². The van der Waals surface area contributed by atoms with Crippen LogP contribution in [0.5, 0.6) is 5.75 Å². The molecule has 0 bridgehead atoms. The molecule has 1 aromatic rings. The smallest absolute Gasteiger partial charge is 0.231 e. The van der Waals surface area contributed by atoms with Gasteiger partial charge in [0.25, 0.3) is 0 Å². The van der Waals surface area contributed by atoms with Crippen LogP contribution in [0.15, 0.2) is 18.2 Å². The minimum absolute atomic E-state index is 0.0137. The predicted octanol–water partition coefficient (Wildman–Crippen LogP) is 1.41. The van der Waals surface area contributed by atoms with Gasteiger partial charge in [-0.3, -0.25) is 4.79 Å². The summed E-state index contributed by atoms with van der Waals surface area (Å²) in [5.41, 5.74) is 0.546. The summed E-state index contributed by atoms with van der Waals surface area (Å²) in [5.74, 6) is -0.272. The zero-order chi connectivity index (χ0) is 13.1. The van der Waals surface area contributed by atoms with Crippen LogP contribution in [0.3, 0.4) is 0 Å². The van der Waals surface area contributed by atoms with E-state index in [1.54, 1.807) is 13.1 Å². The van der Waals surface area contributed by atoms with Crippen molar-refractivity contribution in [2.24, 2.45) is 5.92 Å². The number of hydrogen-bond acceptors (Lipinski definition) is 3. The van der Waals surface area contributed by atoms with E-state index in [1.807, 2.05) is 0 Å². The van der Waals surface area contributed by atoms with Crippen LogP contribution in [-0.4, -0.2) is 33.2 Å². The minimum atomic E-state index is -0.459. The first-order valence-electron chi connectivity index (χ1n) is 5.95. The lowest BCUT2D eigenvalue weighted by molar-refractivity contribution is -0.121. The molecule has 1 aliphatic heterocycles. The Morgan fingerprint density at radius 3 is 2.89 bits per heavy atom. The Balaban J connectivity index is 2.15. The fraction of sp³-hybridized carbons (Fsp3) is 0.462. The van der Waals surface area contributed by atoms with Crippen molar-refractivity contribution in [3.05, 3.63) is 24.0 Å². The molecule has 1 amide bonds. The van der Waals surface area contributed by atoms with E-state index >= 15 is 0 Å². The van der Waals surface area contributed by atoms with Crippen LogP contribution >= 0.6 is 0 Å². The Labute approximate surface area is 106 Å². The number of hydrogen-bond donors (Lipinski definition) is 1. The van der Waals surface area contributed by atoms with Crippen LogP contribution in [0.1, 0.15) is 6.42 Å². The number of nitrogens with zero attached hydrogens (tertiary/aromatic N) is 1. The van der Waals surface area contributed by atoms with Gasteiger partial charge in [-0.15, -0.1) is 0 Å². The Hall–Kier alpha value is -1.62. The molecule has 1 aromatic carbocycles. The molecule has 1 atom stereocenters. The lowest BCUT2D eigenvalue weighted by Gasteiger charge is -2.21. The first-order chi connectivity index (χ1) is 8.63. The summed E-state index contributed by atoms with van der Waals surface area (Å²) in [6.45, 7) is 1.56. The Bertz CT molecular complexity index is 445. The third-order valence-corrected chi connectivity index (χ3v) is 3.26. The van der Waals surface area contributed by atoms with Crippen molar-refractivity contribution in [3.8, 4) is 5.75 Å². The Morgan fingerprint density at radius 2 is 2.33 bits per heavy atom. The molecule has 1 heterocycles. The van der Waals surface area contributed by atoms with Crippen molar-refractivity contribution in [3.63, 3.8) is 0 Å². The van der Waals surface area contributed by atoms with Gasteiger partial charge in [-0.2, -0.15) is 0 Å². The highest BCUT2D eigenvalue weighted by atomic mass is 19.1. The van der Waals surface area contributed by atoms with E-state index in [9.17, 15) is 9.18 Å². The maximum atomic E-state index is 13.6. The average Bonchev–Trinajstić information content (AvgIpc) is 2.90. The third-order valence-electron chi connectivity index (χ3n) is 3.26. The SMILES string of the molecule is COc1ccc(N(C)C(=O)C2CCNC2)cc1F. The number of benzene rings is 1. The first kappa shape index (κ1) is 12.8. The molecule has 2 rings (SSSR count). The Kier molecular flexibility index (Phi) is 3.81. The highest BCUT2D eigenvalue weighted by Gasteiger charge is 2.26. The minimum Gasteiger partial charge on any atom is -0.494 e. The van der Waals surface area contributed by atoms with Gasteiger partial charge in [0.15, 0.2) is 11.6 Å². The largest absolute Gasteiger partial charge is 0.494 e. The van der Waals surface area contributed by atoms with Gasteiger partial charge in [-0.1, -0.05) is 0 Å². The van der Waals surface area contributed by atoms with Crippen LogP contribution in [-0.2, 0) is 4.79 Å². The van der Waals surface area contributed by atoms with E-state index < -0.39 is 5.82 Å². The fourth-order valence-corrected chi connectivity index (χ4v) is 2.13. The quantitative estimate of drug-likeness (QED) is 0.884. The third kappa shape index (κ3) is 2.46. The Morgan fingerprint density at radius 1 is 1.56 bits per heavy atom. The maximum Gasteiger partial charge on any atom is 0.231 e. The molecule has 1 saturated heterocycles. The molecule has 1 fully saturated rings. The molecule has 1 unspecified atom stereocenters. The van der Waals surface area contributed by atoms with Crippen molar-refractivity contribution >= 4 is 11.6 Å². The number of amides is 1. The predicted molar refractivity (Wildman–Crippen MR) is 67.3 cm³/mol. The molecule has 0 spiro atoms. The van der Waals surface area contributed by atoms with Crippen LogP contribution < -0.4 is 15.0 Å². The van der Waals surface area contributed by atoms with Gasteiger partial charge in [0.1, 0.15) is 0 Å². The van der Waals surface area contributed by atoms with Gasteiger partial charge in [0.2, 0.25) is 5.91 Å². The highest BCUT2D eigenvalue weighted by molar-refractivity contribution is 5.94. The van der Waals surface area contributed by atoms with Crippen LogP contribution in [0.2, 0.25) is 0 Å². The van der Waals surface area contributed by atoms with E-state index in [1.165, 1.54) is 24.1 Å². The molecule has 5 heteroatoms. The van der Waals surface area contributed by atoms with Gasteiger partial charge in [0.05, 0.1) is 13.0 Å². The van der Waals surface area contributed by atoms with Crippen molar-refractivity contribution in [1.82, 2.24) is 5.32 Å². The zero-order valence-corrected chi connectivity index (χ0v) is 10.6. The molecule has 18 heavy (non-hydrogen) atoms. The summed E-state index contributed by atoms with van der Waals surface area (Å²) in [6.07, 6.45) is 0.835. The van der Waals surface area contributed by atoms with Gasteiger partial charge >= 0.3 is 0 Å². The average molecular weight is 252 g/mol. The molecule has 4 nitrogen and oxygen atoms in total. The fourth-order valence-electron chi connectivity index (χ4n) is 2.13. The molecule has 0 aliphatic carbocycles. The lowest BCUT2D eigenvalue weighted by Crippen LogP contribution is -2.34. The molecule has 0 aromatic heterocycles. The summed E-state index contributed by atoms with van der Waals surface area (Å²) in [6, 6.07) is 4.53. The van der Waals surface area contributed by atoms with Gasteiger partial charge in [-0.05, 0) is 25.1 Å². The lowest BCUT2D eigenvalue weighted by atomic mass is 10.1. The summed E-state index contributed by atoms with van der Waals surface area (Å²) < 4.78 is 18.4. The van der Waals surface area contributed by atoms with E-state index in [-0.39, 0.29) is 17.6 Å². The molecule has 0 saturated carbocycles. The second-order valence-corrected chi connectivity index (χ2v) is 4.41. The van der Waals surface area contributed by atoms with Crippen LogP contribution in [0.4, 0.5) is 10.1 Å². The molecule has 0 radical (unpaired) electrons. The normalized spacial score (nSPS) is 18.7. The number of nitrogens with one attached hydrogen (secondary N) is 1. The zero-order valence-electron chi connectivity index (χ0n) is 10.6. The van der Waals surface area contributed by atoms with Crippen molar-refractivity contribution < 1.29 is 13.9 Å². The van der Waals surface area contributed by atoms with E-state index in [4.69, 9.17) is 4.74 Å². The molecular formula is C13H17FN2O2. The molecule has 98 valence electrons. The molecule has 1 N–H and O–H groups in total. The first-order valence-corrected chi connectivity index (χ1v) is 5.95. The monoisotopic (exact) mass is 252 g/mol. The van der Waals surface area contributed by atoms with E-state index in [2.05, 4.69) is 5.32 Å². The molecular weight excluding hydrogens is 235 g/mol. The number of ether oxygens (including phenoxy) is 1. The second kappa shape index (κ2) is 5.35. The van der Waals surface area contributed by atoms with E-state index in [0.717, 1.165) is 13.0 Å². The topological polar surface area (TPSA) is 41.6 Å². The maximum absolute atomic E-state index is 13.6. The number of methoxy groups -OCH3 is 1. The van der Waals surface area contributed by atoms with Crippen molar-refractivity contribution in [1.29, 1.82) is 0 Å². The number of anilines is 1. The van der Waals surface area contributed by atoms with Gasteiger partial charge in [-0.25, -0.2) is 4.39 Å². The van der Waals surface area contributed by atoms with E-state index in [0.29, 0.717) is 12.2 Å². The number of carbonyl (C=O) groups is 1. The number of carbonyl (C=O) groups excluding carboxylic acids is 1. The van der Waals surface area contributed by atoms with Crippen LogP contribution in [0.25, 0.3) is 0 Å². The highest BCUT2D eigenvalue weighted by Crippen LogP contribution is 2.24. The summed E-state index contributed by atoms with van der Waals surface area (Å²) in [7, 11) is 3.08. The summed E-state index contributed by atoms with van der Waals surface area (Å²) >= 11 is 0. The van der Waals surface area contributed by atoms with Crippen molar-refractivity contribution in [2.75, 3.05) is 32.1 Å². The number of halogens is 1. The van der Waals surface area contributed by atoms with Gasteiger partial charge < -0.3 is 15.0 Å². The van der Waals surface area contributed by atoms with Crippen LogP contribution in [0, 0.1) is 11.7 Å². The van der Waals surface area contributed by atoms with Gasteiger partial charge in [0, 0.05) is 25.3 Å². The standard InChI is InChI=1S/C13H17FN2O2/c1-16(13(17)9-5-6-15-8-9)10-3-4-12(18-2)11(14)7-10/h3-4,7,9,15H,5-6,8H2,1-2H3. The second-order valence-electron chi connectivity index (χ2n) is 4.41. The summed E-state index contributed by atoms with van der Waals surface area (Å²) in [4.78, 5) is 13.6.